The van der Waals surface area contributed by atoms with Gasteiger partial charge in [0, 0.05) is 53.7 Å². The van der Waals surface area contributed by atoms with Gasteiger partial charge in [0.05, 0.1) is 18.6 Å². The van der Waals surface area contributed by atoms with E-state index in [0.717, 1.165) is 55.6 Å². The number of benzene rings is 1. The Kier molecular flexibility index (Phi) is 15.6. The third-order valence-electron chi connectivity index (χ3n) is 7.98. The molecule has 0 aromatic heterocycles. The molecule has 0 spiro atoms. The second-order valence-corrected chi connectivity index (χ2v) is 11.5. The van der Waals surface area contributed by atoms with Crippen LogP contribution >= 0.6 is 0 Å². The highest BCUT2D eigenvalue weighted by Gasteiger charge is 2.36. The highest BCUT2D eigenvalue weighted by molar-refractivity contribution is 6.03. The molecule has 0 radical (unpaired) electrons. The number of Topliss-reactive ketones (excluding diaryl/α,β-unsaturated/α-hetero) is 3. The number of aliphatic hydroxyl groups is 2. The van der Waals surface area contributed by atoms with Crippen molar-refractivity contribution in [2.75, 3.05) is 45.3 Å². The Morgan fingerprint density at radius 2 is 1.73 bits per heavy atom. The van der Waals surface area contributed by atoms with Crippen LogP contribution in [0.4, 0.5) is 5.69 Å². The van der Waals surface area contributed by atoms with Gasteiger partial charge in [-0.2, -0.15) is 0 Å². The van der Waals surface area contributed by atoms with E-state index in [4.69, 9.17) is 0 Å². The number of phenolic OH excluding ortho intramolecular Hbond substituents is 1. The standard InChI is InChI=1S/C31H50N2O6.H2O.2H2/c1-6-8-11-33(12-9-7-2)19-24-18-27(32(4)5)25-16-22(17-29(38)30(25)31(24)39)15-23(10-13-34)26(20-35)28(37)14-21(3)36;;;/h18,22-23,26,34-35,39H,6-17,19-20H2,1-5H3;1H2;2*1H. The van der Waals surface area contributed by atoms with Crippen molar-refractivity contribution < 1.29 is 38.0 Å². The lowest BCUT2D eigenvalue weighted by Gasteiger charge is -2.33. The minimum atomic E-state index is -0.751. The monoisotopic (exact) mass is 568 g/mol. The van der Waals surface area contributed by atoms with E-state index in [-0.39, 0.29) is 62.7 Å². The number of aliphatic hydroxyl groups excluding tert-OH is 2. The number of ketones is 3. The van der Waals surface area contributed by atoms with Crippen LogP contribution in [0.5, 0.6) is 5.75 Å². The molecule has 3 unspecified atom stereocenters. The highest BCUT2D eigenvalue weighted by Crippen LogP contribution is 2.42. The first-order valence-corrected chi connectivity index (χ1v) is 14.6. The Labute approximate surface area is 242 Å². The van der Waals surface area contributed by atoms with Crippen LogP contribution in [0.2, 0.25) is 0 Å². The fourth-order valence-corrected chi connectivity index (χ4v) is 5.91. The van der Waals surface area contributed by atoms with Gasteiger partial charge in [-0.15, -0.1) is 0 Å². The van der Waals surface area contributed by atoms with Crippen LogP contribution in [0.3, 0.4) is 0 Å². The number of phenols is 1. The summed E-state index contributed by atoms with van der Waals surface area (Å²) in [5.74, 6) is -1.81. The number of carbonyl (C=O) groups excluding carboxylic acids is 3. The number of nitrogens with zero attached hydrogens (tertiary/aromatic N) is 2. The van der Waals surface area contributed by atoms with E-state index in [0.29, 0.717) is 31.4 Å². The molecule has 0 fully saturated rings. The van der Waals surface area contributed by atoms with E-state index in [1.54, 1.807) is 0 Å². The van der Waals surface area contributed by atoms with Crippen LogP contribution < -0.4 is 4.90 Å². The van der Waals surface area contributed by atoms with E-state index < -0.39 is 12.5 Å². The number of rotatable bonds is 18. The van der Waals surface area contributed by atoms with Gasteiger partial charge in [0.2, 0.25) is 0 Å². The molecule has 9 nitrogen and oxygen atoms in total. The molecule has 5 N–H and O–H groups in total. The summed E-state index contributed by atoms with van der Waals surface area (Å²) in [6, 6.07) is 2.01. The minimum absolute atomic E-state index is 0. The molecular formula is C31H56N2O7. The Morgan fingerprint density at radius 1 is 1.10 bits per heavy atom. The van der Waals surface area contributed by atoms with Crippen molar-refractivity contribution in [3.63, 3.8) is 0 Å². The van der Waals surface area contributed by atoms with Crippen molar-refractivity contribution in [1.29, 1.82) is 0 Å². The molecule has 0 saturated carbocycles. The van der Waals surface area contributed by atoms with Crippen molar-refractivity contribution in [3.8, 4) is 5.75 Å². The van der Waals surface area contributed by atoms with Crippen LogP contribution in [0.25, 0.3) is 0 Å². The number of fused-ring (bicyclic) bond motifs is 1. The lowest BCUT2D eigenvalue weighted by molar-refractivity contribution is -0.131. The molecule has 3 atom stereocenters. The molecule has 0 bridgehead atoms. The van der Waals surface area contributed by atoms with Crippen LogP contribution in [-0.4, -0.2) is 83.4 Å². The van der Waals surface area contributed by atoms with Crippen LogP contribution in [0.15, 0.2) is 6.07 Å². The van der Waals surface area contributed by atoms with Crippen LogP contribution in [-0.2, 0) is 22.6 Å². The number of unbranched alkanes of at least 4 members (excludes halogenated alkanes) is 2. The number of hydrogen-bond donors (Lipinski definition) is 3. The normalized spacial score (nSPS) is 16.3. The minimum Gasteiger partial charge on any atom is -0.507 e. The average Bonchev–Trinajstić information content (AvgIpc) is 2.86. The Morgan fingerprint density at radius 3 is 2.23 bits per heavy atom. The maximum atomic E-state index is 13.5. The molecule has 1 aliphatic rings. The van der Waals surface area contributed by atoms with Crippen molar-refractivity contribution in [2.24, 2.45) is 17.8 Å². The van der Waals surface area contributed by atoms with Gasteiger partial charge in [0.25, 0.3) is 0 Å². The van der Waals surface area contributed by atoms with Crippen molar-refractivity contribution in [2.45, 2.75) is 85.1 Å². The van der Waals surface area contributed by atoms with Gasteiger partial charge >= 0.3 is 0 Å². The lowest BCUT2D eigenvalue weighted by atomic mass is 9.73. The molecular weight excluding hydrogens is 512 g/mol. The molecule has 232 valence electrons. The number of carbonyl (C=O) groups is 3. The summed E-state index contributed by atoms with van der Waals surface area (Å²) in [5.41, 5.74) is 2.90. The molecule has 1 aromatic rings. The quantitative estimate of drug-likeness (QED) is 0.226. The van der Waals surface area contributed by atoms with Gasteiger partial charge in [0.1, 0.15) is 17.3 Å². The molecule has 2 rings (SSSR count). The van der Waals surface area contributed by atoms with Gasteiger partial charge in [0.15, 0.2) is 5.78 Å². The molecule has 9 heteroatoms. The Bertz CT molecular complexity index is 983. The van der Waals surface area contributed by atoms with E-state index in [1.165, 1.54) is 6.92 Å². The number of aromatic hydroxyl groups is 1. The molecule has 1 aromatic carbocycles. The summed E-state index contributed by atoms with van der Waals surface area (Å²) in [7, 11) is 3.88. The van der Waals surface area contributed by atoms with E-state index >= 15 is 0 Å². The second kappa shape index (κ2) is 17.5. The molecule has 1 aliphatic carbocycles. The molecule has 40 heavy (non-hydrogen) atoms. The number of anilines is 1. The molecule has 0 amide bonds. The Hall–Kier alpha value is -2.33. The van der Waals surface area contributed by atoms with Gasteiger partial charge in [-0.3, -0.25) is 19.3 Å². The first-order valence-electron chi connectivity index (χ1n) is 14.6. The van der Waals surface area contributed by atoms with E-state index in [9.17, 15) is 29.7 Å². The van der Waals surface area contributed by atoms with E-state index in [2.05, 4.69) is 18.7 Å². The Balaban J connectivity index is 0. The predicted molar refractivity (Wildman–Crippen MR) is 162 cm³/mol. The van der Waals surface area contributed by atoms with Crippen molar-refractivity contribution >= 4 is 23.0 Å². The summed E-state index contributed by atoms with van der Waals surface area (Å²) in [6.07, 6.45) is 5.66. The summed E-state index contributed by atoms with van der Waals surface area (Å²) in [6.45, 7) is 7.62. The zero-order valence-electron chi connectivity index (χ0n) is 25.2. The van der Waals surface area contributed by atoms with Crippen molar-refractivity contribution in [1.82, 2.24) is 4.90 Å². The predicted octanol–water partition coefficient (Wildman–Crippen LogP) is 3.82. The van der Waals surface area contributed by atoms with Crippen LogP contribution in [0.1, 0.15) is 96.5 Å². The fourth-order valence-electron chi connectivity index (χ4n) is 5.91. The van der Waals surface area contributed by atoms with Gasteiger partial charge in [-0.1, -0.05) is 26.7 Å². The van der Waals surface area contributed by atoms with E-state index in [1.807, 2.05) is 25.1 Å². The average molecular weight is 569 g/mol. The van der Waals surface area contributed by atoms with Gasteiger partial charge in [-0.25, -0.2) is 0 Å². The fraction of sp³-hybridized carbons (Fsp3) is 0.710. The molecule has 0 saturated heterocycles. The van der Waals surface area contributed by atoms with Gasteiger partial charge < -0.3 is 25.7 Å². The van der Waals surface area contributed by atoms with Crippen LogP contribution in [0, 0.1) is 17.8 Å². The van der Waals surface area contributed by atoms with Gasteiger partial charge in [-0.05, 0) is 75.6 Å². The summed E-state index contributed by atoms with van der Waals surface area (Å²) in [5, 5.41) is 31.0. The number of hydrogen-bond acceptors (Lipinski definition) is 8. The zero-order chi connectivity index (χ0) is 29.1. The maximum Gasteiger partial charge on any atom is 0.167 e. The van der Waals surface area contributed by atoms with Crippen molar-refractivity contribution in [3.05, 3.63) is 22.8 Å². The largest absolute Gasteiger partial charge is 0.507 e. The summed E-state index contributed by atoms with van der Waals surface area (Å²) in [4.78, 5) is 42.1. The second-order valence-electron chi connectivity index (χ2n) is 11.5. The smallest absolute Gasteiger partial charge is 0.167 e. The highest BCUT2D eigenvalue weighted by atomic mass is 16.3. The summed E-state index contributed by atoms with van der Waals surface area (Å²) >= 11 is 0. The molecule has 0 heterocycles. The first-order chi connectivity index (χ1) is 18.6. The topological polar surface area (TPSA) is 150 Å². The lowest BCUT2D eigenvalue weighted by Crippen LogP contribution is -2.33. The zero-order valence-corrected chi connectivity index (χ0v) is 25.2. The summed E-state index contributed by atoms with van der Waals surface area (Å²) < 4.78 is 0. The first kappa shape index (κ1) is 35.7. The third kappa shape index (κ3) is 9.65. The molecule has 0 aliphatic heterocycles. The third-order valence-corrected chi connectivity index (χ3v) is 7.98. The maximum absolute atomic E-state index is 13.5. The SMILES string of the molecule is CCCCN(CCCC)Cc1cc(N(C)C)c2c(c1O)C(=O)CC(CC(CCO)C(CO)C(=O)CC(C)=O)C2.O.[HH].[HH].